The summed E-state index contributed by atoms with van der Waals surface area (Å²) in [4.78, 5) is 26.1. The Hall–Kier alpha value is -1.06. The number of amides is 1. The molecule has 1 saturated carbocycles. The summed E-state index contributed by atoms with van der Waals surface area (Å²) in [7, 11) is 0. The molecule has 0 aromatic carbocycles. The number of carbonyl (C=O) groups excluding carboxylic acids is 1. The molecule has 1 aliphatic carbocycles. The van der Waals surface area contributed by atoms with Gasteiger partial charge in [0.05, 0.1) is 11.8 Å². The summed E-state index contributed by atoms with van der Waals surface area (Å²) in [5.74, 6) is -0.437. The lowest BCUT2D eigenvalue weighted by molar-refractivity contribution is -0.149. The van der Waals surface area contributed by atoms with Crippen LogP contribution in [0, 0.1) is 23.7 Å². The molecule has 1 saturated heterocycles. The highest BCUT2D eigenvalue weighted by Gasteiger charge is 2.44. The van der Waals surface area contributed by atoms with Gasteiger partial charge in [0, 0.05) is 13.1 Å². The Balaban J connectivity index is 2.04. The fourth-order valence-electron chi connectivity index (χ4n) is 3.86. The Morgan fingerprint density at radius 2 is 1.75 bits per heavy atom. The number of likely N-dealkylation sites (tertiary alicyclic amines) is 1. The van der Waals surface area contributed by atoms with Crippen molar-refractivity contribution in [3.8, 4) is 0 Å². The molecule has 4 nitrogen and oxygen atoms in total. The number of nitrogens with zero attached hydrogens (tertiary/aromatic N) is 1. The molecule has 4 unspecified atom stereocenters. The Bertz CT molecular complexity index is 369. The average molecular weight is 281 g/mol. The molecule has 2 fully saturated rings. The topological polar surface area (TPSA) is 57.6 Å². The van der Waals surface area contributed by atoms with Crippen molar-refractivity contribution in [3.63, 3.8) is 0 Å². The van der Waals surface area contributed by atoms with Gasteiger partial charge in [0.2, 0.25) is 5.91 Å². The van der Waals surface area contributed by atoms with E-state index in [0.29, 0.717) is 18.3 Å². The maximum Gasteiger partial charge on any atom is 0.307 e. The zero-order valence-electron chi connectivity index (χ0n) is 12.7. The van der Waals surface area contributed by atoms with Crippen molar-refractivity contribution in [2.75, 3.05) is 13.1 Å². The van der Waals surface area contributed by atoms with Gasteiger partial charge in [0.15, 0.2) is 0 Å². The minimum absolute atomic E-state index is 0.103. The molecule has 0 radical (unpaired) electrons. The number of rotatable bonds is 4. The summed E-state index contributed by atoms with van der Waals surface area (Å²) in [6.45, 7) is 5.90. The zero-order valence-corrected chi connectivity index (χ0v) is 12.7. The maximum atomic E-state index is 12.7. The average Bonchev–Trinajstić information content (AvgIpc) is 2.91. The molecule has 114 valence electrons. The third-order valence-electron chi connectivity index (χ3n) is 5.28. The monoisotopic (exact) mass is 281 g/mol. The molecule has 1 N–H and O–H groups in total. The van der Waals surface area contributed by atoms with Gasteiger partial charge >= 0.3 is 5.97 Å². The lowest BCUT2D eigenvalue weighted by Gasteiger charge is -2.34. The lowest BCUT2D eigenvalue weighted by atomic mass is 9.91. The van der Waals surface area contributed by atoms with Gasteiger partial charge in [0.1, 0.15) is 0 Å². The molecule has 0 aromatic rings. The van der Waals surface area contributed by atoms with Gasteiger partial charge in [0.25, 0.3) is 0 Å². The summed E-state index contributed by atoms with van der Waals surface area (Å²) < 4.78 is 0. The Labute approximate surface area is 121 Å². The van der Waals surface area contributed by atoms with Crippen LogP contribution in [0.1, 0.15) is 52.4 Å². The van der Waals surface area contributed by atoms with E-state index in [0.717, 1.165) is 38.8 Å². The fourth-order valence-corrected chi connectivity index (χ4v) is 3.86. The molecule has 0 bridgehead atoms. The van der Waals surface area contributed by atoms with Crippen LogP contribution in [0.3, 0.4) is 0 Å². The number of hydrogen-bond donors (Lipinski definition) is 1. The highest BCUT2D eigenvalue weighted by atomic mass is 16.4. The predicted octanol–water partition coefficient (Wildman–Crippen LogP) is 2.77. The third kappa shape index (κ3) is 3.15. The molecule has 4 atom stereocenters. The van der Waals surface area contributed by atoms with Gasteiger partial charge in [-0.25, -0.2) is 0 Å². The highest BCUT2D eigenvalue weighted by Crippen LogP contribution is 2.40. The maximum absolute atomic E-state index is 12.7. The summed E-state index contributed by atoms with van der Waals surface area (Å²) in [6, 6.07) is 0. The number of carboxylic acids is 1. The molecule has 0 spiro atoms. The second-order valence-electron chi connectivity index (χ2n) is 6.50. The van der Waals surface area contributed by atoms with Crippen LogP contribution in [0.4, 0.5) is 0 Å². The number of carboxylic acid groups (broad SMARTS) is 1. The van der Waals surface area contributed by atoms with E-state index in [-0.39, 0.29) is 11.8 Å². The first-order valence-electron chi connectivity index (χ1n) is 8.08. The van der Waals surface area contributed by atoms with Crippen molar-refractivity contribution >= 4 is 11.9 Å². The Kier molecular flexibility index (Phi) is 5.06. The second kappa shape index (κ2) is 6.59. The number of carbonyl (C=O) groups is 2. The first-order chi connectivity index (χ1) is 9.56. The van der Waals surface area contributed by atoms with Crippen LogP contribution in [0.15, 0.2) is 0 Å². The Morgan fingerprint density at radius 3 is 2.35 bits per heavy atom. The largest absolute Gasteiger partial charge is 0.481 e. The Morgan fingerprint density at radius 1 is 1.10 bits per heavy atom. The van der Waals surface area contributed by atoms with E-state index < -0.39 is 11.9 Å². The van der Waals surface area contributed by atoms with Gasteiger partial charge in [-0.15, -0.1) is 0 Å². The summed E-state index contributed by atoms with van der Waals surface area (Å²) in [5, 5.41) is 9.37. The molecule has 20 heavy (non-hydrogen) atoms. The van der Waals surface area contributed by atoms with Crippen molar-refractivity contribution in [2.24, 2.45) is 23.7 Å². The minimum atomic E-state index is -0.789. The molecule has 2 rings (SSSR count). The number of aliphatic carboxylic acids is 1. The third-order valence-corrected chi connectivity index (χ3v) is 5.28. The standard InChI is InChI=1S/C16H27NO3/c1-3-11-6-5-7-17(10-11)15(18)13-8-12(4-2)9-14(13)16(19)20/h11-14H,3-10H2,1-2H3,(H,19,20). The van der Waals surface area contributed by atoms with Gasteiger partial charge in [-0.3, -0.25) is 9.59 Å². The zero-order chi connectivity index (χ0) is 14.7. The molecule has 1 amide bonds. The van der Waals surface area contributed by atoms with Crippen LogP contribution >= 0.6 is 0 Å². The van der Waals surface area contributed by atoms with Gasteiger partial charge in [-0.2, -0.15) is 0 Å². The normalized spacial score (nSPS) is 34.2. The minimum Gasteiger partial charge on any atom is -0.481 e. The molecule has 1 aliphatic heterocycles. The van der Waals surface area contributed by atoms with Gasteiger partial charge in [-0.05, 0) is 37.5 Å². The van der Waals surface area contributed by atoms with E-state index in [1.54, 1.807) is 0 Å². The highest BCUT2D eigenvalue weighted by molar-refractivity contribution is 5.85. The van der Waals surface area contributed by atoms with E-state index in [4.69, 9.17) is 0 Å². The summed E-state index contributed by atoms with van der Waals surface area (Å²) >= 11 is 0. The second-order valence-corrected chi connectivity index (χ2v) is 6.50. The molecule has 1 heterocycles. The van der Waals surface area contributed by atoms with Crippen molar-refractivity contribution in [3.05, 3.63) is 0 Å². The number of hydrogen-bond acceptors (Lipinski definition) is 2. The molecule has 4 heteroatoms. The van der Waals surface area contributed by atoms with Crippen LogP contribution in [0.5, 0.6) is 0 Å². The van der Waals surface area contributed by atoms with E-state index >= 15 is 0 Å². The van der Waals surface area contributed by atoms with Crippen LogP contribution in [-0.4, -0.2) is 35.0 Å². The van der Waals surface area contributed by atoms with Gasteiger partial charge in [-0.1, -0.05) is 26.7 Å². The predicted molar refractivity (Wildman–Crippen MR) is 77.2 cm³/mol. The number of piperidine rings is 1. The van der Waals surface area contributed by atoms with Crippen molar-refractivity contribution < 1.29 is 14.7 Å². The van der Waals surface area contributed by atoms with Crippen molar-refractivity contribution in [1.29, 1.82) is 0 Å². The van der Waals surface area contributed by atoms with E-state index in [1.807, 2.05) is 4.90 Å². The van der Waals surface area contributed by atoms with Crippen molar-refractivity contribution in [1.82, 2.24) is 4.90 Å². The van der Waals surface area contributed by atoms with Crippen LogP contribution in [0.2, 0.25) is 0 Å². The van der Waals surface area contributed by atoms with Crippen LogP contribution < -0.4 is 0 Å². The first-order valence-corrected chi connectivity index (χ1v) is 8.08. The van der Waals surface area contributed by atoms with E-state index in [2.05, 4.69) is 13.8 Å². The molecule has 0 aromatic heterocycles. The van der Waals surface area contributed by atoms with Crippen molar-refractivity contribution in [2.45, 2.75) is 52.4 Å². The van der Waals surface area contributed by atoms with E-state index in [9.17, 15) is 14.7 Å². The first kappa shape index (κ1) is 15.3. The molecular formula is C16H27NO3. The quantitative estimate of drug-likeness (QED) is 0.862. The van der Waals surface area contributed by atoms with Gasteiger partial charge < -0.3 is 10.0 Å². The molecule has 2 aliphatic rings. The summed E-state index contributed by atoms with van der Waals surface area (Å²) in [5.41, 5.74) is 0. The van der Waals surface area contributed by atoms with Crippen LogP contribution in [0.25, 0.3) is 0 Å². The SMILES string of the molecule is CCC1CC(C(=O)O)C(C(=O)N2CCCC(CC)C2)C1. The smallest absolute Gasteiger partial charge is 0.307 e. The van der Waals surface area contributed by atoms with Crippen LogP contribution in [-0.2, 0) is 9.59 Å². The summed E-state index contributed by atoms with van der Waals surface area (Å²) in [6.07, 6.45) is 5.78. The molecular weight excluding hydrogens is 254 g/mol. The lowest BCUT2D eigenvalue weighted by Crippen LogP contribution is -2.44. The fraction of sp³-hybridized carbons (Fsp3) is 0.875. The van der Waals surface area contributed by atoms with E-state index in [1.165, 1.54) is 6.42 Å².